The Kier molecular flexibility index (Phi) is 4.99. The van der Waals surface area contributed by atoms with E-state index in [9.17, 15) is 9.59 Å². The summed E-state index contributed by atoms with van der Waals surface area (Å²) in [5.41, 5.74) is 9.58. The largest absolute Gasteiger partial charge is 0.399 e. The summed E-state index contributed by atoms with van der Waals surface area (Å²) in [5, 5.41) is 5.66. The predicted molar refractivity (Wildman–Crippen MR) is 104 cm³/mol. The first kappa shape index (κ1) is 17.2. The van der Waals surface area contributed by atoms with Crippen LogP contribution in [0.15, 0.2) is 72.8 Å². The lowest BCUT2D eigenvalue weighted by Crippen LogP contribution is -2.14. The Morgan fingerprint density at radius 1 is 0.769 bits per heavy atom. The van der Waals surface area contributed by atoms with Crippen molar-refractivity contribution in [2.24, 2.45) is 0 Å². The van der Waals surface area contributed by atoms with Crippen molar-refractivity contribution in [1.82, 2.24) is 0 Å². The molecule has 0 aliphatic rings. The summed E-state index contributed by atoms with van der Waals surface area (Å²) in [6.45, 7) is 1.94. The molecule has 26 heavy (non-hydrogen) atoms. The summed E-state index contributed by atoms with van der Waals surface area (Å²) in [6, 6.07) is 21.0. The molecule has 0 saturated heterocycles. The van der Waals surface area contributed by atoms with Crippen LogP contribution in [0.5, 0.6) is 0 Å². The number of nitrogens with two attached hydrogens (primary N) is 1. The van der Waals surface area contributed by atoms with Crippen LogP contribution >= 0.6 is 0 Å². The Balaban J connectivity index is 1.67. The SMILES string of the molecule is Cc1ccccc1NC(=O)c1ccc(NC(=O)c2cccc(N)c2)cc1. The van der Waals surface area contributed by atoms with Crippen LogP contribution in [0, 0.1) is 6.92 Å². The fourth-order valence-corrected chi connectivity index (χ4v) is 2.50. The van der Waals surface area contributed by atoms with E-state index in [0.717, 1.165) is 11.3 Å². The molecule has 0 bridgehead atoms. The van der Waals surface area contributed by atoms with E-state index >= 15 is 0 Å². The molecule has 0 spiro atoms. The second-order valence-corrected chi connectivity index (χ2v) is 5.93. The number of nitrogens with one attached hydrogen (secondary N) is 2. The first-order valence-corrected chi connectivity index (χ1v) is 8.17. The number of rotatable bonds is 4. The minimum atomic E-state index is -0.255. The van der Waals surface area contributed by atoms with Gasteiger partial charge in [0.1, 0.15) is 0 Å². The van der Waals surface area contributed by atoms with Crippen molar-refractivity contribution in [3.8, 4) is 0 Å². The molecule has 0 aliphatic heterocycles. The number of anilines is 3. The molecule has 3 rings (SSSR count). The molecule has 0 saturated carbocycles. The van der Waals surface area contributed by atoms with Gasteiger partial charge in [-0.1, -0.05) is 24.3 Å². The highest BCUT2D eigenvalue weighted by Crippen LogP contribution is 2.17. The van der Waals surface area contributed by atoms with Crippen LogP contribution in [-0.4, -0.2) is 11.8 Å². The van der Waals surface area contributed by atoms with Crippen molar-refractivity contribution < 1.29 is 9.59 Å². The summed E-state index contributed by atoms with van der Waals surface area (Å²) >= 11 is 0. The molecule has 0 fully saturated rings. The van der Waals surface area contributed by atoms with Gasteiger partial charge in [-0.15, -0.1) is 0 Å². The highest BCUT2D eigenvalue weighted by molar-refractivity contribution is 6.06. The summed E-state index contributed by atoms with van der Waals surface area (Å²) in [5.74, 6) is -0.456. The number of aryl methyl sites for hydroxylation is 1. The van der Waals surface area contributed by atoms with Gasteiger partial charge in [0.05, 0.1) is 0 Å². The molecule has 4 N–H and O–H groups in total. The third-order valence-corrected chi connectivity index (χ3v) is 3.95. The van der Waals surface area contributed by atoms with Crippen molar-refractivity contribution in [3.05, 3.63) is 89.5 Å². The van der Waals surface area contributed by atoms with E-state index in [-0.39, 0.29) is 11.8 Å². The number of para-hydroxylation sites is 1. The number of amides is 2. The van der Waals surface area contributed by atoms with Gasteiger partial charge < -0.3 is 16.4 Å². The molecule has 0 aliphatic carbocycles. The third-order valence-electron chi connectivity index (χ3n) is 3.95. The fraction of sp³-hybridized carbons (Fsp3) is 0.0476. The second kappa shape index (κ2) is 7.53. The molecule has 0 radical (unpaired) electrons. The summed E-state index contributed by atoms with van der Waals surface area (Å²) in [7, 11) is 0. The number of hydrogen-bond donors (Lipinski definition) is 3. The minimum absolute atomic E-state index is 0.201. The lowest BCUT2D eigenvalue weighted by molar-refractivity contribution is 0.102. The van der Waals surface area contributed by atoms with Crippen LogP contribution in [0.4, 0.5) is 17.1 Å². The Hall–Kier alpha value is -3.60. The zero-order chi connectivity index (χ0) is 18.5. The van der Waals surface area contributed by atoms with Gasteiger partial charge in [0, 0.05) is 28.2 Å². The summed E-state index contributed by atoms with van der Waals surface area (Å²) < 4.78 is 0. The zero-order valence-electron chi connectivity index (χ0n) is 14.3. The lowest BCUT2D eigenvalue weighted by Gasteiger charge is -2.09. The maximum absolute atomic E-state index is 12.3. The van der Waals surface area contributed by atoms with Crippen LogP contribution in [0.3, 0.4) is 0 Å². The molecule has 2 amide bonds. The third kappa shape index (κ3) is 4.08. The Morgan fingerprint density at radius 2 is 1.46 bits per heavy atom. The van der Waals surface area contributed by atoms with Crippen LogP contribution in [0.25, 0.3) is 0 Å². The number of carbonyl (C=O) groups excluding carboxylic acids is 2. The molecule has 3 aromatic carbocycles. The van der Waals surface area contributed by atoms with E-state index in [1.165, 1.54) is 0 Å². The maximum atomic E-state index is 12.3. The van der Waals surface area contributed by atoms with Crippen LogP contribution in [0.2, 0.25) is 0 Å². The molecule has 3 aromatic rings. The monoisotopic (exact) mass is 345 g/mol. The highest BCUT2D eigenvalue weighted by atomic mass is 16.2. The first-order valence-electron chi connectivity index (χ1n) is 8.17. The van der Waals surface area contributed by atoms with Crippen molar-refractivity contribution >= 4 is 28.9 Å². The van der Waals surface area contributed by atoms with E-state index in [4.69, 9.17) is 5.73 Å². The Bertz CT molecular complexity index is 949. The predicted octanol–water partition coefficient (Wildman–Crippen LogP) is 4.08. The zero-order valence-corrected chi connectivity index (χ0v) is 14.3. The number of carbonyl (C=O) groups is 2. The van der Waals surface area contributed by atoms with Gasteiger partial charge in [0.15, 0.2) is 0 Å². The normalized spacial score (nSPS) is 10.2. The fourth-order valence-electron chi connectivity index (χ4n) is 2.50. The molecule has 0 aromatic heterocycles. The summed E-state index contributed by atoms with van der Waals surface area (Å²) in [6.07, 6.45) is 0. The van der Waals surface area contributed by atoms with E-state index < -0.39 is 0 Å². The number of hydrogen-bond acceptors (Lipinski definition) is 3. The smallest absolute Gasteiger partial charge is 0.255 e. The Labute approximate surface area is 151 Å². The molecule has 0 unspecified atom stereocenters. The molecule has 0 atom stereocenters. The molecule has 0 heterocycles. The van der Waals surface area contributed by atoms with Crippen LogP contribution < -0.4 is 16.4 Å². The second-order valence-electron chi connectivity index (χ2n) is 5.93. The standard InChI is InChI=1S/C21H19N3O2/c1-14-5-2-3-8-19(14)24-20(25)15-9-11-18(12-10-15)23-21(26)16-6-4-7-17(22)13-16/h2-13H,22H2,1H3,(H,23,26)(H,24,25). The number of benzene rings is 3. The first-order chi connectivity index (χ1) is 12.5. The average molecular weight is 345 g/mol. The van der Waals surface area contributed by atoms with Crippen molar-refractivity contribution in [2.75, 3.05) is 16.4 Å². The molecular formula is C21H19N3O2. The van der Waals surface area contributed by atoms with Crippen molar-refractivity contribution in [3.63, 3.8) is 0 Å². The van der Waals surface area contributed by atoms with Gasteiger partial charge in [-0.3, -0.25) is 9.59 Å². The van der Waals surface area contributed by atoms with E-state index in [1.807, 2.05) is 31.2 Å². The van der Waals surface area contributed by atoms with Gasteiger partial charge in [-0.05, 0) is 61.0 Å². The van der Waals surface area contributed by atoms with Gasteiger partial charge >= 0.3 is 0 Å². The highest BCUT2D eigenvalue weighted by Gasteiger charge is 2.09. The minimum Gasteiger partial charge on any atom is -0.399 e. The van der Waals surface area contributed by atoms with Gasteiger partial charge in [-0.2, -0.15) is 0 Å². The molecule has 5 heteroatoms. The summed E-state index contributed by atoms with van der Waals surface area (Å²) in [4.78, 5) is 24.6. The van der Waals surface area contributed by atoms with E-state index in [0.29, 0.717) is 22.5 Å². The van der Waals surface area contributed by atoms with Crippen LogP contribution in [0.1, 0.15) is 26.3 Å². The average Bonchev–Trinajstić information content (AvgIpc) is 2.64. The maximum Gasteiger partial charge on any atom is 0.255 e. The van der Waals surface area contributed by atoms with Gasteiger partial charge in [-0.25, -0.2) is 0 Å². The van der Waals surface area contributed by atoms with Gasteiger partial charge in [0.25, 0.3) is 11.8 Å². The van der Waals surface area contributed by atoms with E-state index in [2.05, 4.69) is 10.6 Å². The van der Waals surface area contributed by atoms with E-state index in [1.54, 1.807) is 48.5 Å². The molecule has 130 valence electrons. The molecule has 5 nitrogen and oxygen atoms in total. The quantitative estimate of drug-likeness (QED) is 0.623. The topological polar surface area (TPSA) is 84.2 Å². The van der Waals surface area contributed by atoms with Crippen molar-refractivity contribution in [2.45, 2.75) is 6.92 Å². The van der Waals surface area contributed by atoms with Crippen molar-refractivity contribution in [1.29, 1.82) is 0 Å². The lowest BCUT2D eigenvalue weighted by atomic mass is 10.1. The molecular weight excluding hydrogens is 326 g/mol. The number of nitrogen functional groups attached to an aromatic ring is 1. The Morgan fingerprint density at radius 3 is 2.15 bits per heavy atom. The van der Waals surface area contributed by atoms with Crippen LogP contribution in [-0.2, 0) is 0 Å². The van der Waals surface area contributed by atoms with Gasteiger partial charge in [0.2, 0.25) is 0 Å².